The van der Waals surface area contributed by atoms with E-state index in [4.69, 9.17) is 5.11 Å². The molecular formula is C10H13N3O3S. The maximum Gasteiger partial charge on any atom is 0.354 e. The first-order valence-corrected chi connectivity index (χ1v) is 6.40. The Hall–Kier alpha value is -1.50. The average molecular weight is 255 g/mol. The van der Waals surface area contributed by atoms with Gasteiger partial charge in [0.05, 0.1) is 6.33 Å². The van der Waals surface area contributed by atoms with E-state index < -0.39 is 11.9 Å². The third-order valence-corrected chi connectivity index (χ3v) is 4.30. The minimum Gasteiger partial charge on any atom is -0.477 e. The van der Waals surface area contributed by atoms with Crippen LogP contribution in [0, 0.1) is 0 Å². The van der Waals surface area contributed by atoms with Crippen LogP contribution in [0.3, 0.4) is 0 Å². The number of rotatable bonds is 5. The molecule has 0 spiro atoms. The number of aromatic amines is 1. The largest absolute Gasteiger partial charge is 0.477 e. The molecule has 7 heteroatoms. The first-order chi connectivity index (χ1) is 8.08. The van der Waals surface area contributed by atoms with Crippen molar-refractivity contribution < 1.29 is 14.7 Å². The summed E-state index contributed by atoms with van der Waals surface area (Å²) >= 11 is 1.73. The number of amides is 1. The van der Waals surface area contributed by atoms with Crippen molar-refractivity contribution in [1.29, 1.82) is 0 Å². The summed E-state index contributed by atoms with van der Waals surface area (Å²) in [6.07, 6.45) is 5.39. The van der Waals surface area contributed by atoms with Gasteiger partial charge in [-0.15, -0.1) is 0 Å². The van der Waals surface area contributed by atoms with Crippen LogP contribution in [0.5, 0.6) is 0 Å². The number of aromatic carboxylic acids is 1. The van der Waals surface area contributed by atoms with Gasteiger partial charge in [0.2, 0.25) is 0 Å². The van der Waals surface area contributed by atoms with Crippen molar-refractivity contribution in [1.82, 2.24) is 15.3 Å². The van der Waals surface area contributed by atoms with E-state index in [0.29, 0.717) is 6.54 Å². The van der Waals surface area contributed by atoms with Gasteiger partial charge < -0.3 is 15.4 Å². The molecule has 1 fully saturated rings. The maximum absolute atomic E-state index is 11.8. The van der Waals surface area contributed by atoms with Crippen LogP contribution in [-0.4, -0.2) is 44.5 Å². The quantitative estimate of drug-likeness (QED) is 0.721. The van der Waals surface area contributed by atoms with Crippen molar-refractivity contribution >= 4 is 23.6 Å². The summed E-state index contributed by atoms with van der Waals surface area (Å²) in [7, 11) is 0. The molecule has 3 N–H and O–H groups in total. The van der Waals surface area contributed by atoms with E-state index in [2.05, 4.69) is 15.3 Å². The van der Waals surface area contributed by atoms with Gasteiger partial charge in [-0.25, -0.2) is 9.78 Å². The van der Waals surface area contributed by atoms with Crippen molar-refractivity contribution in [3.05, 3.63) is 17.7 Å². The fourth-order valence-corrected chi connectivity index (χ4v) is 2.27. The SMILES string of the molecule is CSC1(CNC(=O)c2nc[nH]c2C(=O)O)CC1. The summed E-state index contributed by atoms with van der Waals surface area (Å²) in [5.74, 6) is -1.62. The van der Waals surface area contributed by atoms with Gasteiger partial charge >= 0.3 is 5.97 Å². The number of thioether (sulfide) groups is 1. The molecule has 0 atom stereocenters. The Balaban J connectivity index is 2.00. The zero-order chi connectivity index (χ0) is 12.5. The number of carbonyl (C=O) groups excluding carboxylic acids is 1. The number of hydrogen-bond acceptors (Lipinski definition) is 4. The third kappa shape index (κ3) is 2.44. The van der Waals surface area contributed by atoms with Gasteiger partial charge in [-0.3, -0.25) is 4.79 Å². The van der Waals surface area contributed by atoms with Gasteiger partial charge in [-0.05, 0) is 19.1 Å². The van der Waals surface area contributed by atoms with E-state index >= 15 is 0 Å². The van der Waals surface area contributed by atoms with E-state index in [1.165, 1.54) is 6.33 Å². The molecule has 1 heterocycles. The number of hydrogen-bond donors (Lipinski definition) is 3. The van der Waals surface area contributed by atoms with Gasteiger partial charge in [0.25, 0.3) is 5.91 Å². The molecule has 1 aromatic rings. The van der Waals surface area contributed by atoms with E-state index in [9.17, 15) is 9.59 Å². The molecule has 0 unspecified atom stereocenters. The highest BCUT2D eigenvalue weighted by Gasteiger charge is 2.42. The third-order valence-electron chi connectivity index (χ3n) is 2.88. The zero-order valence-electron chi connectivity index (χ0n) is 9.32. The molecule has 92 valence electrons. The number of nitrogens with zero attached hydrogens (tertiary/aromatic N) is 1. The second-order valence-corrected chi connectivity index (χ2v) is 5.28. The Morgan fingerprint density at radius 3 is 2.88 bits per heavy atom. The van der Waals surface area contributed by atoms with E-state index in [1.807, 2.05) is 6.26 Å². The first-order valence-electron chi connectivity index (χ1n) is 5.18. The molecule has 1 saturated carbocycles. The van der Waals surface area contributed by atoms with Crippen molar-refractivity contribution in [2.24, 2.45) is 0 Å². The molecule has 2 rings (SSSR count). The number of carboxylic acids is 1. The van der Waals surface area contributed by atoms with E-state index in [1.54, 1.807) is 11.8 Å². The zero-order valence-corrected chi connectivity index (χ0v) is 10.1. The Labute approximate surface area is 102 Å². The summed E-state index contributed by atoms with van der Waals surface area (Å²) < 4.78 is 0.148. The Morgan fingerprint density at radius 2 is 2.35 bits per heavy atom. The van der Waals surface area contributed by atoms with E-state index in [0.717, 1.165) is 12.8 Å². The van der Waals surface area contributed by atoms with Gasteiger partial charge in [-0.2, -0.15) is 11.8 Å². The predicted octanol–water partition coefficient (Wildman–Crippen LogP) is 0.733. The Bertz CT molecular complexity index is 453. The van der Waals surface area contributed by atoms with Gasteiger partial charge in [0, 0.05) is 11.3 Å². The van der Waals surface area contributed by atoms with Gasteiger partial charge in [0.15, 0.2) is 11.4 Å². The Morgan fingerprint density at radius 1 is 1.65 bits per heavy atom. The summed E-state index contributed by atoms with van der Waals surface area (Å²) in [6, 6.07) is 0. The number of nitrogens with one attached hydrogen (secondary N) is 2. The number of aromatic nitrogens is 2. The lowest BCUT2D eigenvalue weighted by Crippen LogP contribution is -2.32. The van der Waals surface area contributed by atoms with Crippen LogP contribution in [0.4, 0.5) is 0 Å². The van der Waals surface area contributed by atoms with Crippen molar-refractivity contribution in [2.75, 3.05) is 12.8 Å². The second kappa shape index (κ2) is 4.40. The molecule has 1 aromatic heterocycles. The molecule has 17 heavy (non-hydrogen) atoms. The molecule has 1 aliphatic carbocycles. The fraction of sp³-hybridized carbons (Fsp3) is 0.500. The summed E-state index contributed by atoms with van der Waals surface area (Å²) in [6.45, 7) is 0.554. The lowest BCUT2D eigenvalue weighted by molar-refractivity contribution is 0.0685. The van der Waals surface area contributed by atoms with Crippen LogP contribution < -0.4 is 5.32 Å². The molecule has 0 radical (unpaired) electrons. The molecule has 0 aliphatic heterocycles. The molecular weight excluding hydrogens is 242 g/mol. The van der Waals surface area contributed by atoms with Crippen LogP contribution in [0.2, 0.25) is 0 Å². The van der Waals surface area contributed by atoms with Crippen molar-refractivity contribution in [3.63, 3.8) is 0 Å². The molecule has 6 nitrogen and oxygen atoms in total. The topological polar surface area (TPSA) is 95.1 Å². The fourth-order valence-electron chi connectivity index (χ4n) is 1.55. The number of imidazole rings is 1. The highest BCUT2D eigenvalue weighted by Crippen LogP contribution is 2.46. The van der Waals surface area contributed by atoms with Crippen molar-refractivity contribution in [3.8, 4) is 0 Å². The highest BCUT2D eigenvalue weighted by molar-refractivity contribution is 8.00. The van der Waals surface area contributed by atoms with Crippen LogP contribution >= 0.6 is 11.8 Å². The Kier molecular flexibility index (Phi) is 3.10. The molecule has 0 saturated heterocycles. The van der Waals surface area contributed by atoms with Crippen LogP contribution in [0.25, 0.3) is 0 Å². The number of carboxylic acid groups (broad SMARTS) is 1. The minimum atomic E-state index is -1.18. The molecule has 0 bridgehead atoms. The summed E-state index contributed by atoms with van der Waals surface area (Å²) in [4.78, 5) is 28.7. The molecule has 1 aliphatic rings. The predicted molar refractivity (Wildman–Crippen MR) is 63.4 cm³/mol. The van der Waals surface area contributed by atoms with Crippen molar-refractivity contribution in [2.45, 2.75) is 17.6 Å². The van der Waals surface area contributed by atoms with Gasteiger partial charge in [-0.1, -0.05) is 0 Å². The maximum atomic E-state index is 11.8. The average Bonchev–Trinajstić information content (AvgIpc) is 2.91. The number of H-pyrrole nitrogens is 1. The molecule has 0 aromatic carbocycles. The standard InChI is InChI=1S/C10H13N3O3S/c1-17-10(2-3-10)4-11-8(14)6-7(9(15)16)13-5-12-6/h5H,2-4H2,1H3,(H,11,14)(H,12,13)(H,15,16). The van der Waals surface area contributed by atoms with Gasteiger partial charge in [0.1, 0.15) is 0 Å². The first kappa shape index (κ1) is 12.0. The van der Waals surface area contributed by atoms with E-state index in [-0.39, 0.29) is 16.1 Å². The second-order valence-electron chi connectivity index (χ2n) is 4.00. The lowest BCUT2D eigenvalue weighted by atomic mass is 10.3. The summed E-state index contributed by atoms with van der Waals surface area (Å²) in [5, 5.41) is 11.6. The van der Waals surface area contributed by atoms with Crippen LogP contribution in [-0.2, 0) is 0 Å². The normalized spacial score (nSPS) is 16.5. The smallest absolute Gasteiger partial charge is 0.354 e. The highest BCUT2D eigenvalue weighted by atomic mass is 32.2. The minimum absolute atomic E-state index is 0.0607. The summed E-state index contributed by atoms with van der Waals surface area (Å²) in [5.41, 5.74) is -0.231. The number of carbonyl (C=O) groups is 2. The lowest BCUT2D eigenvalue weighted by Gasteiger charge is -2.12. The van der Waals surface area contributed by atoms with Crippen LogP contribution in [0.15, 0.2) is 6.33 Å². The van der Waals surface area contributed by atoms with Crippen LogP contribution in [0.1, 0.15) is 33.8 Å². The molecule has 1 amide bonds. The monoisotopic (exact) mass is 255 g/mol.